The average Bonchev–Trinajstić information content (AvgIpc) is 3.21. The van der Waals surface area contributed by atoms with Gasteiger partial charge in [0, 0.05) is 41.2 Å². The minimum atomic E-state index is -0.0163. The van der Waals surface area contributed by atoms with Gasteiger partial charge in [-0.15, -0.1) is 0 Å². The van der Waals surface area contributed by atoms with E-state index in [4.69, 9.17) is 20.9 Å². The highest BCUT2D eigenvalue weighted by Gasteiger charge is 2.23. The van der Waals surface area contributed by atoms with E-state index < -0.39 is 0 Å². The molecule has 0 bridgehead atoms. The predicted molar refractivity (Wildman–Crippen MR) is 116 cm³/mol. The zero-order chi connectivity index (χ0) is 20.9. The molecule has 1 fully saturated rings. The minimum Gasteiger partial charge on any atom is -0.484 e. The standard InChI is InChI=1S/C21H20BrClN4O3/c22-16-2-1-3-18(12-16)29-14-20(28)27-10-8-26(9-11-27)13-19-24-21(25-30-19)15-4-6-17(23)7-5-15/h1-7,12H,8-11,13-14H2. The number of carbonyl (C=O) groups is 1. The summed E-state index contributed by atoms with van der Waals surface area (Å²) in [5.74, 6) is 1.75. The highest BCUT2D eigenvalue weighted by Crippen LogP contribution is 2.20. The molecule has 2 aromatic carbocycles. The van der Waals surface area contributed by atoms with Gasteiger partial charge in [0.2, 0.25) is 11.7 Å². The van der Waals surface area contributed by atoms with Crippen LogP contribution in [-0.4, -0.2) is 58.6 Å². The van der Waals surface area contributed by atoms with Crippen LogP contribution >= 0.6 is 27.5 Å². The lowest BCUT2D eigenvalue weighted by Gasteiger charge is -2.33. The number of aromatic nitrogens is 2. The van der Waals surface area contributed by atoms with Crippen molar-refractivity contribution in [1.29, 1.82) is 0 Å². The number of carbonyl (C=O) groups excluding carboxylic acids is 1. The number of ether oxygens (including phenoxy) is 1. The Morgan fingerprint density at radius 3 is 2.63 bits per heavy atom. The molecule has 1 saturated heterocycles. The maximum atomic E-state index is 12.4. The van der Waals surface area contributed by atoms with E-state index in [1.54, 1.807) is 12.1 Å². The van der Waals surface area contributed by atoms with Gasteiger partial charge in [0.15, 0.2) is 6.61 Å². The Morgan fingerprint density at radius 2 is 1.90 bits per heavy atom. The van der Waals surface area contributed by atoms with Crippen molar-refractivity contribution in [3.8, 4) is 17.1 Å². The van der Waals surface area contributed by atoms with E-state index in [9.17, 15) is 4.79 Å². The van der Waals surface area contributed by atoms with Gasteiger partial charge in [-0.05, 0) is 42.5 Å². The van der Waals surface area contributed by atoms with Gasteiger partial charge in [-0.2, -0.15) is 4.98 Å². The molecule has 7 nitrogen and oxygen atoms in total. The quantitative estimate of drug-likeness (QED) is 0.521. The van der Waals surface area contributed by atoms with Crippen LogP contribution in [0, 0.1) is 0 Å². The summed E-state index contributed by atoms with van der Waals surface area (Å²) >= 11 is 9.31. The fourth-order valence-electron chi connectivity index (χ4n) is 3.18. The largest absolute Gasteiger partial charge is 0.484 e. The van der Waals surface area contributed by atoms with E-state index in [-0.39, 0.29) is 12.5 Å². The van der Waals surface area contributed by atoms with Crippen LogP contribution in [0.1, 0.15) is 5.89 Å². The summed E-state index contributed by atoms with van der Waals surface area (Å²) in [7, 11) is 0. The Hall–Kier alpha value is -2.42. The maximum absolute atomic E-state index is 12.4. The molecule has 1 aliphatic heterocycles. The second kappa shape index (κ2) is 9.59. The van der Waals surface area contributed by atoms with Gasteiger partial charge in [0.05, 0.1) is 6.54 Å². The maximum Gasteiger partial charge on any atom is 0.260 e. The normalized spacial score (nSPS) is 14.7. The van der Waals surface area contributed by atoms with Crippen LogP contribution in [0.2, 0.25) is 5.02 Å². The Balaban J connectivity index is 1.24. The summed E-state index contributed by atoms with van der Waals surface area (Å²) in [5.41, 5.74) is 0.857. The molecule has 0 spiro atoms. The van der Waals surface area contributed by atoms with E-state index in [2.05, 4.69) is 31.0 Å². The Bertz CT molecular complexity index is 1000. The molecular formula is C21H20BrClN4O3. The van der Waals surface area contributed by atoms with Crippen molar-refractivity contribution >= 4 is 33.4 Å². The molecule has 2 heterocycles. The van der Waals surface area contributed by atoms with Crippen molar-refractivity contribution in [2.75, 3.05) is 32.8 Å². The van der Waals surface area contributed by atoms with Gasteiger partial charge in [-0.3, -0.25) is 9.69 Å². The molecule has 30 heavy (non-hydrogen) atoms. The van der Waals surface area contributed by atoms with Crippen molar-refractivity contribution in [2.24, 2.45) is 0 Å². The lowest BCUT2D eigenvalue weighted by atomic mass is 10.2. The Kier molecular flexibility index (Phi) is 6.66. The third-order valence-electron chi connectivity index (χ3n) is 4.81. The first kappa shape index (κ1) is 20.8. The van der Waals surface area contributed by atoms with E-state index in [0.717, 1.165) is 23.1 Å². The zero-order valence-corrected chi connectivity index (χ0v) is 18.5. The number of rotatable bonds is 6. The molecule has 0 aliphatic carbocycles. The SMILES string of the molecule is O=C(COc1cccc(Br)c1)N1CCN(Cc2nc(-c3ccc(Cl)cc3)no2)CC1. The summed E-state index contributed by atoms with van der Waals surface area (Å²) < 4.78 is 11.9. The van der Waals surface area contributed by atoms with Gasteiger partial charge in [-0.1, -0.05) is 38.8 Å². The number of nitrogens with zero attached hydrogens (tertiary/aromatic N) is 4. The zero-order valence-electron chi connectivity index (χ0n) is 16.1. The molecule has 1 amide bonds. The first-order valence-electron chi connectivity index (χ1n) is 9.54. The van der Waals surface area contributed by atoms with E-state index in [1.165, 1.54) is 0 Å². The third-order valence-corrected chi connectivity index (χ3v) is 5.56. The lowest BCUT2D eigenvalue weighted by Crippen LogP contribution is -2.49. The first-order chi connectivity index (χ1) is 14.6. The molecule has 4 rings (SSSR count). The van der Waals surface area contributed by atoms with Crippen LogP contribution in [0.3, 0.4) is 0 Å². The van der Waals surface area contributed by atoms with Crippen molar-refractivity contribution in [3.63, 3.8) is 0 Å². The average molecular weight is 492 g/mol. The van der Waals surface area contributed by atoms with Gasteiger partial charge < -0.3 is 14.2 Å². The van der Waals surface area contributed by atoms with Crippen LogP contribution < -0.4 is 4.74 Å². The number of halogens is 2. The lowest BCUT2D eigenvalue weighted by molar-refractivity contribution is -0.135. The van der Waals surface area contributed by atoms with Gasteiger partial charge in [0.25, 0.3) is 5.91 Å². The Morgan fingerprint density at radius 1 is 1.13 bits per heavy atom. The molecule has 0 N–H and O–H groups in total. The summed E-state index contributed by atoms with van der Waals surface area (Å²) in [6, 6.07) is 14.8. The number of hydrogen-bond donors (Lipinski definition) is 0. The van der Waals surface area contributed by atoms with Crippen LogP contribution in [0.15, 0.2) is 57.5 Å². The van der Waals surface area contributed by atoms with Crippen molar-refractivity contribution in [2.45, 2.75) is 6.54 Å². The second-order valence-corrected chi connectivity index (χ2v) is 8.27. The fraction of sp³-hybridized carbons (Fsp3) is 0.286. The second-order valence-electron chi connectivity index (χ2n) is 6.92. The number of amides is 1. The fourth-order valence-corrected chi connectivity index (χ4v) is 3.68. The number of hydrogen-bond acceptors (Lipinski definition) is 6. The van der Waals surface area contributed by atoms with Gasteiger partial charge in [-0.25, -0.2) is 0 Å². The summed E-state index contributed by atoms with van der Waals surface area (Å²) in [6.45, 7) is 3.34. The molecule has 0 radical (unpaired) electrons. The van der Waals surface area contributed by atoms with Gasteiger partial charge >= 0.3 is 0 Å². The Labute approximate surface area is 187 Å². The van der Waals surface area contributed by atoms with E-state index in [0.29, 0.717) is 42.1 Å². The summed E-state index contributed by atoms with van der Waals surface area (Å²) in [5, 5.41) is 4.71. The van der Waals surface area contributed by atoms with E-state index in [1.807, 2.05) is 41.3 Å². The summed E-state index contributed by atoms with van der Waals surface area (Å²) in [6.07, 6.45) is 0. The third kappa shape index (κ3) is 5.38. The smallest absolute Gasteiger partial charge is 0.260 e. The van der Waals surface area contributed by atoms with Crippen molar-refractivity contribution < 1.29 is 14.1 Å². The van der Waals surface area contributed by atoms with Crippen LogP contribution in [-0.2, 0) is 11.3 Å². The molecule has 0 atom stereocenters. The monoisotopic (exact) mass is 490 g/mol. The molecule has 0 unspecified atom stereocenters. The molecule has 0 saturated carbocycles. The highest BCUT2D eigenvalue weighted by molar-refractivity contribution is 9.10. The van der Waals surface area contributed by atoms with E-state index >= 15 is 0 Å². The number of benzene rings is 2. The topological polar surface area (TPSA) is 71.7 Å². The van der Waals surface area contributed by atoms with Crippen LogP contribution in [0.4, 0.5) is 0 Å². The van der Waals surface area contributed by atoms with Crippen LogP contribution in [0.25, 0.3) is 11.4 Å². The molecule has 3 aromatic rings. The predicted octanol–water partition coefficient (Wildman–Crippen LogP) is 3.88. The van der Waals surface area contributed by atoms with Crippen molar-refractivity contribution in [3.05, 3.63) is 63.9 Å². The highest BCUT2D eigenvalue weighted by atomic mass is 79.9. The van der Waals surface area contributed by atoms with Gasteiger partial charge in [0.1, 0.15) is 5.75 Å². The molecule has 156 valence electrons. The summed E-state index contributed by atoms with van der Waals surface area (Å²) in [4.78, 5) is 20.9. The van der Waals surface area contributed by atoms with Crippen LogP contribution in [0.5, 0.6) is 5.75 Å². The first-order valence-corrected chi connectivity index (χ1v) is 10.7. The molecule has 9 heteroatoms. The minimum absolute atomic E-state index is 0.0163. The molecular weight excluding hydrogens is 472 g/mol. The molecule has 1 aromatic heterocycles. The molecule has 1 aliphatic rings. The van der Waals surface area contributed by atoms with Crippen molar-refractivity contribution in [1.82, 2.24) is 19.9 Å². The number of piperazine rings is 1.